The largest absolute Gasteiger partial charge is 0.375 e. The lowest BCUT2D eigenvalue weighted by molar-refractivity contribution is 0.0384. The number of rotatable bonds is 5. The minimum absolute atomic E-state index is 0.361. The first-order chi connectivity index (χ1) is 9.24. The van der Waals surface area contributed by atoms with Crippen molar-refractivity contribution in [3.05, 3.63) is 28.2 Å². The fourth-order valence-electron chi connectivity index (χ4n) is 2.43. The van der Waals surface area contributed by atoms with Crippen LogP contribution in [0, 0.1) is 0 Å². The molecule has 1 fully saturated rings. The van der Waals surface area contributed by atoms with Crippen LogP contribution in [0.2, 0.25) is 0 Å². The van der Waals surface area contributed by atoms with E-state index in [1.807, 2.05) is 0 Å². The summed E-state index contributed by atoms with van der Waals surface area (Å²) in [5.74, 6) is 0. The Labute approximate surface area is 124 Å². The Morgan fingerprint density at radius 2 is 2.26 bits per heavy atom. The van der Waals surface area contributed by atoms with E-state index in [0.29, 0.717) is 6.10 Å². The number of anilines is 1. The van der Waals surface area contributed by atoms with E-state index in [9.17, 15) is 0 Å². The molecular formula is C15H23BrN2O. The van der Waals surface area contributed by atoms with Crippen molar-refractivity contribution in [2.24, 2.45) is 0 Å². The average molecular weight is 327 g/mol. The summed E-state index contributed by atoms with van der Waals surface area (Å²) in [6.45, 7) is 9.04. The zero-order valence-corrected chi connectivity index (χ0v) is 13.4. The molecule has 1 aliphatic rings. The van der Waals surface area contributed by atoms with Crippen LogP contribution in [0.15, 0.2) is 22.7 Å². The monoisotopic (exact) mass is 326 g/mol. The van der Waals surface area contributed by atoms with E-state index >= 15 is 0 Å². The molecule has 0 amide bonds. The van der Waals surface area contributed by atoms with Crippen molar-refractivity contribution in [3.63, 3.8) is 0 Å². The Morgan fingerprint density at radius 3 is 3.00 bits per heavy atom. The van der Waals surface area contributed by atoms with E-state index in [2.05, 4.69) is 58.2 Å². The maximum Gasteiger partial charge on any atom is 0.0748 e. The van der Waals surface area contributed by atoms with Gasteiger partial charge < -0.3 is 15.0 Å². The fraction of sp³-hybridized carbons (Fsp3) is 0.600. The molecule has 2 rings (SSSR count). The van der Waals surface area contributed by atoms with E-state index in [4.69, 9.17) is 4.74 Å². The quantitative estimate of drug-likeness (QED) is 0.899. The normalized spacial score (nSPS) is 19.7. The molecule has 1 aromatic carbocycles. The number of hydrogen-bond donors (Lipinski definition) is 1. The second-order valence-electron chi connectivity index (χ2n) is 4.90. The zero-order chi connectivity index (χ0) is 13.7. The smallest absolute Gasteiger partial charge is 0.0748 e. The van der Waals surface area contributed by atoms with Gasteiger partial charge in [-0.2, -0.15) is 0 Å². The summed E-state index contributed by atoms with van der Waals surface area (Å²) >= 11 is 3.58. The van der Waals surface area contributed by atoms with Gasteiger partial charge in [-0.1, -0.05) is 35.8 Å². The van der Waals surface area contributed by atoms with Crippen LogP contribution in [0.1, 0.15) is 25.8 Å². The molecule has 4 heteroatoms. The molecule has 1 saturated heterocycles. The van der Waals surface area contributed by atoms with Gasteiger partial charge in [-0.25, -0.2) is 0 Å². The van der Waals surface area contributed by atoms with Crippen molar-refractivity contribution in [1.82, 2.24) is 5.32 Å². The summed E-state index contributed by atoms with van der Waals surface area (Å²) in [4.78, 5) is 2.45. The van der Waals surface area contributed by atoms with Gasteiger partial charge >= 0.3 is 0 Å². The van der Waals surface area contributed by atoms with Crippen LogP contribution in [0.5, 0.6) is 0 Å². The lowest BCUT2D eigenvalue weighted by Crippen LogP contribution is -2.42. The van der Waals surface area contributed by atoms with Gasteiger partial charge in [-0.15, -0.1) is 0 Å². The van der Waals surface area contributed by atoms with Gasteiger partial charge in [0.1, 0.15) is 0 Å². The first-order valence-corrected chi connectivity index (χ1v) is 7.89. The van der Waals surface area contributed by atoms with Gasteiger partial charge in [0, 0.05) is 29.8 Å². The Morgan fingerprint density at radius 1 is 1.42 bits per heavy atom. The van der Waals surface area contributed by atoms with Gasteiger partial charge in [0.25, 0.3) is 0 Å². The van der Waals surface area contributed by atoms with E-state index in [1.54, 1.807) is 0 Å². The minimum atomic E-state index is 0.361. The average Bonchev–Trinajstić information content (AvgIpc) is 2.46. The van der Waals surface area contributed by atoms with E-state index in [1.165, 1.54) is 11.3 Å². The standard InChI is InChI=1S/C15H23BrN2O/c1-3-14-11-18(7-8-19-14)15-9-13(16)6-5-12(15)10-17-4-2/h5-6,9,14,17H,3-4,7-8,10-11H2,1-2H3. The fourth-order valence-corrected chi connectivity index (χ4v) is 2.77. The highest BCUT2D eigenvalue weighted by Gasteiger charge is 2.21. The van der Waals surface area contributed by atoms with Crippen LogP contribution in [-0.4, -0.2) is 32.3 Å². The molecule has 0 aromatic heterocycles. The van der Waals surface area contributed by atoms with Crippen LogP contribution in [0.3, 0.4) is 0 Å². The highest BCUT2D eigenvalue weighted by atomic mass is 79.9. The van der Waals surface area contributed by atoms with Crippen LogP contribution in [0.4, 0.5) is 5.69 Å². The third-order valence-corrected chi connectivity index (χ3v) is 4.04. The molecule has 1 unspecified atom stereocenters. The summed E-state index contributed by atoms with van der Waals surface area (Å²) in [7, 11) is 0. The molecule has 1 heterocycles. The molecule has 106 valence electrons. The first kappa shape index (κ1) is 14.8. The summed E-state index contributed by atoms with van der Waals surface area (Å²) < 4.78 is 6.90. The summed E-state index contributed by atoms with van der Waals surface area (Å²) in [6.07, 6.45) is 1.44. The van der Waals surface area contributed by atoms with Crippen LogP contribution >= 0.6 is 15.9 Å². The summed E-state index contributed by atoms with van der Waals surface area (Å²) in [5, 5.41) is 3.42. The van der Waals surface area contributed by atoms with Crippen LogP contribution in [0.25, 0.3) is 0 Å². The summed E-state index contributed by atoms with van der Waals surface area (Å²) in [6, 6.07) is 6.55. The van der Waals surface area contributed by atoms with Crippen molar-refractivity contribution in [1.29, 1.82) is 0 Å². The molecule has 1 aromatic rings. The van der Waals surface area contributed by atoms with Gasteiger partial charge in [0.2, 0.25) is 0 Å². The zero-order valence-electron chi connectivity index (χ0n) is 11.8. The number of ether oxygens (including phenoxy) is 1. The maximum atomic E-state index is 5.76. The molecule has 19 heavy (non-hydrogen) atoms. The number of benzene rings is 1. The molecule has 1 atom stereocenters. The number of nitrogens with zero attached hydrogens (tertiary/aromatic N) is 1. The molecule has 0 spiro atoms. The van der Waals surface area contributed by atoms with Gasteiger partial charge in [-0.05, 0) is 30.7 Å². The Hall–Kier alpha value is -0.580. The summed E-state index contributed by atoms with van der Waals surface area (Å²) in [5.41, 5.74) is 2.69. The topological polar surface area (TPSA) is 24.5 Å². The molecule has 0 aliphatic carbocycles. The van der Waals surface area contributed by atoms with Crippen molar-refractivity contribution >= 4 is 21.6 Å². The molecule has 1 N–H and O–H groups in total. The van der Waals surface area contributed by atoms with E-state index < -0.39 is 0 Å². The third-order valence-electron chi connectivity index (χ3n) is 3.55. The Balaban J connectivity index is 2.18. The molecule has 0 saturated carbocycles. The van der Waals surface area contributed by atoms with E-state index in [0.717, 1.165) is 43.7 Å². The van der Waals surface area contributed by atoms with Crippen molar-refractivity contribution in [3.8, 4) is 0 Å². The van der Waals surface area contributed by atoms with Gasteiger partial charge in [-0.3, -0.25) is 0 Å². The molecule has 0 radical (unpaired) electrons. The SMILES string of the molecule is CCNCc1ccc(Br)cc1N1CCOC(CC)C1. The molecule has 0 bridgehead atoms. The minimum Gasteiger partial charge on any atom is -0.375 e. The van der Waals surface area contributed by atoms with Gasteiger partial charge in [0.15, 0.2) is 0 Å². The van der Waals surface area contributed by atoms with Crippen molar-refractivity contribution in [2.45, 2.75) is 32.9 Å². The lowest BCUT2D eigenvalue weighted by Gasteiger charge is -2.35. The predicted octanol–water partition coefficient (Wildman–Crippen LogP) is 3.17. The molecule has 1 aliphatic heterocycles. The number of nitrogens with one attached hydrogen (secondary N) is 1. The first-order valence-electron chi connectivity index (χ1n) is 7.10. The van der Waals surface area contributed by atoms with Crippen LogP contribution in [-0.2, 0) is 11.3 Å². The number of halogens is 1. The molecule has 3 nitrogen and oxygen atoms in total. The third kappa shape index (κ3) is 3.94. The second kappa shape index (κ2) is 7.27. The lowest BCUT2D eigenvalue weighted by atomic mass is 10.1. The van der Waals surface area contributed by atoms with Crippen molar-refractivity contribution in [2.75, 3.05) is 31.1 Å². The Kier molecular flexibility index (Phi) is 5.67. The number of morpholine rings is 1. The maximum absolute atomic E-state index is 5.76. The Bertz CT molecular complexity index is 411. The highest BCUT2D eigenvalue weighted by molar-refractivity contribution is 9.10. The van der Waals surface area contributed by atoms with Crippen LogP contribution < -0.4 is 10.2 Å². The highest BCUT2D eigenvalue weighted by Crippen LogP contribution is 2.27. The number of hydrogen-bond acceptors (Lipinski definition) is 3. The predicted molar refractivity (Wildman–Crippen MR) is 83.8 cm³/mol. The second-order valence-corrected chi connectivity index (χ2v) is 5.82. The molecular weight excluding hydrogens is 304 g/mol. The van der Waals surface area contributed by atoms with Crippen molar-refractivity contribution < 1.29 is 4.74 Å². The van der Waals surface area contributed by atoms with Gasteiger partial charge in [0.05, 0.1) is 12.7 Å². The van der Waals surface area contributed by atoms with E-state index in [-0.39, 0.29) is 0 Å².